The van der Waals surface area contributed by atoms with Crippen molar-refractivity contribution in [2.45, 2.75) is 52.4 Å². The summed E-state index contributed by atoms with van der Waals surface area (Å²) < 4.78 is 0. The predicted molar refractivity (Wildman–Crippen MR) is 92.2 cm³/mol. The van der Waals surface area contributed by atoms with Crippen LogP contribution >= 0.6 is 11.8 Å². The van der Waals surface area contributed by atoms with E-state index in [0.29, 0.717) is 0 Å². The number of unbranched alkanes of at least 4 members (excludes halogenated alkanes) is 1. The normalized spacial score (nSPS) is 15.5. The van der Waals surface area contributed by atoms with Gasteiger partial charge in [0.2, 0.25) is 0 Å². The van der Waals surface area contributed by atoms with Gasteiger partial charge >= 0.3 is 0 Å². The maximum Gasteiger partial charge on any atom is 0.160 e. The van der Waals surface area contributed by atoms with Gasteiger partial charge in [-0.1, -0.05) is 37.2 Å². The van der Waals surface area contributed by atoms with Crippen molar-refractivity contribution < 1.29 is 0 Å². The van der Waals surface area contributed by atoms with Gasteiger partial charge in [-0.3, -0.25) is 4.99 Å². The third kappa shape index (κ3) is 4.02. The molecule has 0 unspecified atom stereocenters. The number of nitrogens with zero attached hydrogens (tertiary/aromatic N) is 1. The van der Waals surface area contributed by atoms with E-state index < -0.39 is 0 Å². The molecule has 1 aliphatic carbocycles. The zero-order valence-electron chi connectivity index (χ0n) is 13.1. The average molecular weight is 290 g/mol. The summed E-state index contributed by atoms with van der Waals surface area (Å²) in [5.74, 6) is 0.819. The summed E-state index contributed by atoms with van der Waals surface area (Å²) in [4.78, 5) is 4.65. The van der Waals surface area contributed by atoms with Crippen LogP contribution in [0.3, 0.4) is 0 Å². The Morgan fingerprint density at radius 3 is 2.45 bits per heavy atom. The lowest BCUT2D eigenvalue weighted by molar-refractivity contribution is 0.809. The van der Waals surface area contributed by atoms with Crippen LogP contribution in [0.5, 0.6) is 0 Å². The molecule has 0 radical (unpaired) electrons. The van der Waals surface area contributed by atoms with Gasteiger partial charge in [0, 0.05) is 12.2 Å². The van der Waals surface area contributed by atoms with Crippen LogP contribution in [0.2, 0.25) is 0 Å². The Labute approximate surface area is 127 Å². The number of aryl methyl sites for hydroxylation is 2. The van der Waals surface area contributed by atoms with E-state index in [4.69, 9.17) is 0 Å². The maximum atomic E-state index is 4.65. The quantitative estimate of drug-likeness (QED) is 0.463. The first-order valence-electron chi connectivity index (χ1n) is 7.62. The standard InChI is InChI=1S/C17H26N2S/c1-5-6-9-18-17(20-4)19-16-12(2)10-15(11-13(16)3)14-7-8-14/h10-11,14H,5-9H2,1-4H3,(H,18,19). The number of nitrogens with one attached hydrogen (secondary N) is 1. The Balaban J connectivity index is 2.13. The fourth-order valence-corrected chi connectivity index (χ4v) is 2.87. The third-order valence-corrected chi connectivity index (χ3v) is 4.41. The Kier molecular flexibility index (Phi) is 5.53. The van der Waals surface area contributed by atoms with Crippen LogP contribution in [-0.4, -0.2) is 18.0 Å². The number of thioether (sulfide) groups is 1. The molecular formula is C17H26N2S. The van der Waals surface area contributed by atoms with Gasteiger partial charge in [-0.05, 0) is 62.0 Å². The highest BCUT2D eigenvalue weighted by Crippen LogP contribution is 2.41. The SMILES string of the molecule is CCCCN=C(Nc1c(C)cc(C2CC2)cc1C)SC. The van der Waals surface area contributed by atoms with Crippen LogP contribution in [-0.2, 0) is 0 Å². The highest BCUT2D eigenvalue weighted by molar-refractivity contribution is 8.13. The van der Waals surface area contributed by atoms with E-state index in [-0.39, 0.29) is 0 Å². The second-order valence-electron chi connectivity index (χ2n) is 5.67. The molecular weight excluding hydrogens is 264 g/mol. The van der Waals surface area contributed by atoms with E-state index in [0.717, 1.165) is 24.1 Å². The monoisotopic (exact) mass is 290 g/mol. The molecule has 2 rings (SSSR count). The molecule has 0 spiro atoms. The maximum absolute atomic E-state index is 4.65. The van der Waals surface area contributed by atoms with Crippen LogP contribution in [0.4, 0.5) is 5.69 Å². The van der Waals surface area contributed by atoms with Crippen LogP contribution in [0.25, 0.3) is 0 Å². The lowest BCUT2D eigenvalue weighted by Crippen LogP contribution is -2.11. The number of anilines is 1. The van der Waals surface area contributed by atoms with Crippen molar-refractivity contribution in [3.8, 4) is 0 Å². The first-order chi connectivity index (χ1) is 9.65. The van der Waals surface area contributed by atoms with E-state index in [1.165, 1.54) is 41.6 Å². The minimum absolute atomic E-state index is 0.819. The molecule has 1 N–H and O–H groups in total. The van der Waals surface area contributed by atoms with Gasteiger partial charge in [0.1, 0.15) is 0 Å². The summed E-state index contributed by atoms with van der Waals surface area (Å²) in [6.45, 7) is 7.51. The molecule has 1 aromatic carbocycles. The molecule has 110 valence electrons. The van der Waals surface area contributed by atoms with Gasteiger partial charge in [-0.15, -0.1) is 0 Å². The Bertz CT molecular complexity index is 467. The number of hydrogen-bond acceptors (Lipinski definition) is 2. The van der Waals surface area contributed by atoms with Gasteiger partial charge in [0.05, 0.1) is 0 Å². The van der Waals surface area contributed by atoms with Crippen molar-refractivity contribution in [2.75, 3.05) is 18.1 Å². The van der Waals surface area contributed by atoms with E-state index in [1.807, 2.05) is 0 Å². The molecule has 0 aromatic heterocycles. The molecule has 1 aliphatic rings. The minimum atomic E-state index is 0.819. The summed E-state index contributed by atoms with van der Waals surface area (Å²) in [7, 11) is 0. The van der Waals surface area contributed by atoms with E-state index in [1.54, 1.807) is 11.8 Å². The zero-order valence-corrected chi connectivity index (χ0v) is 13.9. The average Bonchev–Trinajstić information content (AvgIpc) is 3.25. The molecule has 0 saturated heterocycles. The van der Waals surface area contributed by atoms with Crippen molar-refractivity contribution in [2.24, 2.45) is 4.99 Å². The second-order valence-corrected chi connectivity index (χ2v) is 6.47. The minimum Gasteiger partial charge on any atom is -0.335 e. The largest absolute Gasteiger partial charge is 0.335 e. The number of rotatable bonds is 5. The van der Waals surface area contributed by atoms with Gasteiger partial charge in [0.15, 0.2) is 5.17 Å². The first-order valence-corrected chi connectivity index (χ1v) is 8.84. The summed E-state index contributed by atoms with van der Waals surface area (Å²) in [6, 6.07) is 4.69. The van der Waals surface area contributed by atoms with Crippen LogP contribution in [0, 0.1) is 13.8 Å². The fraction of sp³-hybridized carbons (Fsp3) is 0.588. The van der Waals surface area contributed by atoms with Crippen molar-refractivity contribution >= 4 is 22.6 Å². The smallest absolute Gasteiger partial charge is 0.160 e. The van der Waals surface area contributed by atoms with Gasteiger partial charge < -0.3 is 5.32 Å². The highest BCUT2D eigenvalue weighted by Gasteiger charge is 2.24. The molecule has 1 aromatic rings. The lowest BCUT2D eigenvalue weighted by Gasteiger charge is -2.15. The number of hydrogen-bond donors (Lipinski definition) is 1. The van der Waals surface area contributed by atoms with Crippen molar-refractivity contribution in [3.05, 3.63) is 28.8 Å². The van der Waals surface area contributed by atoms with Gasteiger partial charge in [-0.25, -0.2) is 0 Å². The molecule has 0 heterocycles. The molecule has 20 heavy (non-hydrogen) atoms. The van der Waals surface area contributed by atoms with Crippen LogP contribution < -0.4 is 5.32 Å². The fourth-order valence-electron chi connectivity index (χ4n) is 2.45. The Morgan fingerprint density at radius 1 is 1.30 bits per heavy atom. The molecule has 0 bridgehead atoms. The highest BCUT2D eigenvalue weighted by atomic mass is 32.2. The summed E-state index contributed by atoms with van der Waals surface area (Å²) >= 11 is 1.69. The number of benzene rings is 1. The van der Waals surface area contributed by atoms with Crippen molar-refractivity contribution in [1.29, 1.82) is 0 Å². The Hall–Kier alpha value is -0.960. The molecule has 3 heteroatoms. The molecule has 0 atom stereocenters. The molecule has 0 amide bonds. The Morgan fingerprint density at radius 2 is 1.95 bits per heavy atom. The molecule has 0 aliphatic heterocycles. The molecule has 1 saturated carbocycles. The summed E-state index contributed by atoms with van der Waals surface area (Å²) in [5.41, 5.74) is 5.42. The summed E-state index contributed by atoms with van der Waals surface area (Å²) in [5, 5.41) is 4.55. The molecule has 1 fully saturated rings. The number of aliphatic imine (C=N–C) groups is 1. The topological polar surface area (TPSA) is 24.4 Å². The van der Waals surface area contributed by atoms with E-state index in [2.05, 4.69) is 49.5 Å². The lowest BCUT2D eigenvalue weighted by atomic mass is 10.0. The van der Waals surface area contributed by atoms with E-state index >= 15 is 0 Å². The second kappa shape index (κ2) is 7.16. The zero-order chi connectivity index (χ0) is 14.5. The van der Waals surface area contributed by atoms with E-state index in [9.17, 15) is 0 Å². The number of amidine groups is 1. The van der Waals surface area contributed by atoms with Gasteiger partial charge in [0.25, 0.3) is 0 Å². The van der Waals surface area contributed by atoms with Crippen molar-refractivity contribution in [1.82, 2.24) is 0 Å². The van der Waals surface area contributed by atoms with Crippen LogP contribution in [0.15, 0.2) is 17.1 Å². The molecule has 2 nitrogen and oxygen atoms in total. The van der Waals surface area contributed by atoms with Crippen molar-refractivity contribution in [3.63, 3.8) is 0 Å². The van der Waals surface area contributed by atoms with Crippen LogP contribution in [0.1, 0.15) is 55.2 Å². The first kappa shape index (κ1) is 15.4. The third-order valence-electron chi connectivity index (χ3n) is 3.80. The summed E-state index contributed by atoms with van der Waals surface area (Å²) in [6.07, 6.45) is 7.16. The van der Waals surface area contributed by atoms with Gasteiger partial charge in [-0.2, -0.15) is 0 Å². The predicted octanol–water partition coefficient (Wildman–Crippen LogP) is 5.11.